The molecule has 23 heavy (non-hydrogen) atoms. The molecule has 0 aliphatic rings. The number of esters is 1. The van der Waals surface area contributed by atoms with Crippen LogP contribution in [0.1, 0.15) is 10.5 Å². The number of carbonyl (C=O) groups excluding carboxylic acids is 1. The van der Waals surface area contributed by atoms with Crippen LogP contribution in [-0.2, 0) is 4.74 Å². The number of hydrogen-bond donors (Lipinski definition) is 1. The molecule has 1 aromatic heterocycles. The lowest BCUT2D eigenvalue weighted by Gasteiger charge is -2.08. The quantitative estimate of drug-likeness (QED) is 0.691. The standard InChI is InChI=1S/C17H14ClNO3S/c1-21-13-5-3-4-6-14(13)23-16-11-9-10(18)7-8-12(11)19-15(16)17(20)22-2/h3-9,19H,1-2H3. The zero-order valence-corrected chi connectivity index (χ0v) is 14.1. The predicted molar refractivity (Wildman–Crippen MR) is 91.8 cm³/mol. The number of carbonyl (C=O) groups is 1. The van der Waals surface area contributed by atoms with Gasteiger partial charge in [0, 0.05) is 15.9 Å². The van der Waals surface area contributed by atoms with E-state index in [1.807, 2.05) is 36.4 Å². The molecule has 0 bridgehead atoms. The summed E-state index contributed by atoms with van der Waals surface area (Å²) in [6.45, 7) is 0. The molecule has 0 amide bonds. The van der Waals surface area contributed by atoms with Gasteiger partial charge in [0.15, 0.2) is 0 Å². The van der Waals surface area contributed by atoms with Crippen molar-refractivity contribution in [1.29, 1.82) is 0 Å². The number of H-pyrrole nitrogens is 1. The fourth-order valence-corrected chi connectivity index (χ4v) is 3.61. The van der Waals surface area contributed by atoms with Gasteiger partial charge in [-0.25, -0.2) is 4.79 Å². The molecule has 0 aliphatic carbocycles. The van der Waals surface area contributed by atoms with Gasteiger partial charge in [-0.3, -0.25) is 0 Å². The minimum absolute atomic E-state index is 0.403. The SMILES string of the molecule is COC(=O)c1[nH]c2ccc(Cl)cc2c1Sc1ccccc1OC. The maximum atomic E-state index is 12.1. The Bertz CT molecular complexity index is 875. The van der Waals surface area contributed by atoms with Crippen molar-refractivity contribution in [3.05, 3.63) is 53.2 Å². The second kappa shape index (κ2) is 6.56. The van der Waals surface area contributed by atoms with Gasteiger partial charge in [0.05, 0.1) is 24.0 Å². The number of hydrogen-bond acceptors (Lipinski definition) is 4. The molecule has 0 saturated carbocycles. The van der Waals surface area contributed by atoms with Crippen LogP contribution < -0.4 is 4.74 Å². The highest BCUT2D eigenvalue weighted by Crippen LogP contribution is 2.41. The Hall–Kier alpha value is -2.11. The molecule has 1 N–H and O–H groups in total. The summed E-state index contributed by atoms with van der Waals surface area (Å²) in [6, 6.07) is 13.1. The molecule has 4 nitrogen and oxygen atoms in total. The number of ether oxygens (including phenoxy) is 2. The average Bonchev–Trinajstić information content (AvgIpc) is 2.92. The second-order valence-corrected chi connectivity index (χ2v) is 6.25. The second-order valence-electron chi connectivity index (χ2n) is 4.76. The van der Waals surface area contributed by atoms with Gasteiger partial charge in [-0.1, -0.05) is 35.5 Å². The Morgan fingerprint density at radius 3 is 2.70 bits per heavy atom. The molecule has 3 aromatic rings. The molecule has 0 saturated heterocycles. The molecule has 2 aromatic carbocycles. The van der Waals surface area contributed by atoms with E-state index in [2.05, 4.69) is 4.98 Å². The molecular formula is C17H14ClNO3S. The van der Waals surface area contributed by atoms with Crippen molar-refractivity contribution < 1.29 is 14.3 Å². The number of nitrogens with one attached hydrogen (secondary N) is 1. The predicted octanol–water partition coefficient (Wildman–Crippen LogP) is 4.77. The first-order chi connectivity index (χ1) is 11.1. The number of para-hydroxylation sites is 1. The van der Waals surface area contributed by atoms with Gasteiger partial charge < -0.3 is 14.5 Å². The van der Waals surface area contributed by atoms with Crippen molar-refractivity contribution in [3.63, 3.8) is 0 Å². The highest BCUT2D eigenvalue weighted by molar-refractivity contribution is 7.99. The van der Waals surface area contributed by atoms with E-state index in [9.17, 15) is 4.79 Å². The maximum Gasteiger partial charge on any atom is 0.355 e. The largest absolute Gasteiger partial charge is 0.496 e. The number of rotatable bonds is 4. The van der Waals surface area contributed by atoms with Crippen molar-refractivity contribution in [2.24, 2.45) is 0 Å². The first kappa shape index (κ1) is 15.8. The van der Waals surface area contributed by atoms with Crippen LogP contribution in [0.3, 0.4) is 0 Å². The highest BCUT2D eigenvalue weighted by Gasteiger charge is 2.20. The normalized spacial score (nSPS) is 10.7. The Morgan fingerprint density at radius 2 is 1.96 bits per heavy atom. The molecule has 3 rings (SSSR count). The van der Waals surface area contributed by atoms with Crippen LogP contribution in [-0.4, -0.2) is 25.2 Å². The van der Waals surface area contributed by atoms with Crippen LogP contribution in [0.25, 0.3) is 10.9 Å². The molecule has 0 aliphatic heterocycles. The maximum absolute atomic E-state index is 12.1. The number of methoxy groups -OCH3 is 2. The first-order valence-corrected chi connectivity index (χ1v) is 8.04. The number of aromatic amines is 1. The van der Waals surface area contributed by atoms with Gasteiger partial charge in [0.25, 0.3) is 0 Å². The van der Waals surface area contributed by atoms with Crippen LogP contribution >= 0.6 is 23.4 Å². The van der Waals surface area contributed by atoms with Crippen molar-refractivity contribution in [3.8, 4) is 5.75 Å². The Kier molecular flexibility index (Phi) is 4.50. The van der Waals surface area contributed by atoms with Crippen LogP contribution in [0.15, 0.2) is 52.3 Å². The van der Waals surface area contributed by atoms with Crippen LogP contribution in [0.5, 0.6) is 5.75 Å². The van der Waals surface area contributed by atoms with E-state index >= 15 is 0 Å². The first-order valence-electron chi connectivity index (χ1n) is 6.84. The lowest BCUT2D eigenvalue weighted by atomic mass is 10.2. The van der Waals surface area contributed by atoms with Crippen LogP contribution in [0.2, 0.25) is 5.02 Å². The molecular weight excluding hydrogens is 334 g/mol. The van der Waals surface area contributed by atoms with Crippen molar-refractivity contribution >= 4 is 40.2 Å². The number of aromatic nitrogens is 1. The highest BCUT2D eigenvalue weighted by atomic mass is 35.5. The van der Waals surface area contributed by atoms with E-state index in [0.717, 1.165) is 26.4 Å². The molecule has 0 unspecified atom stereocenters. The summed E-state index contributed by atoms with van der Waals surface area (Å²) in [4.78, 5) is 16.9. The van der Waals surface area contributed by atoms with Crippen molar-refractivity contribution in [1.82, 2.24) is 4.98 Å². The zero-order chi connectivity index (χ0) is 16.4. The Labute approximate surface area is 142 Å². The summed E-state index contributed by atoms with van der Waals surface area (Å²) in [5, 5.41) is 1.48. The van der Waals surface area contributed by atoms with E-state index < -0.39 is 5.97 Å². The summed E-state index contributed by atoms with van der Waals surface area (Å²) in [6.07, 6.45) is 0. The fraction of sp³-hybridized carbons (Fsp3) is 0.118. The van der Waals surface area contributed by atoms with E-state index in [0.29, 0.717) is 10.7 Å². The summed E-state index contributed by atoms with van der Waals surface area (Å²) in [5.74, 6) is 0.319. The number of benzene rings is 2. The number of halogens is 1. The third kappa shape index (κ3) is 3.02. The van der Waals surface area contributed by atoms with E-state index in [1.54, 1.807) is 13.2 Å². The molecule has 6 heteroatoms. The van der Waals surface area contributed by atoms with Gasteiger partial charge in [-0.2, -0.15) is 0 Å². The van der Waals surface area contributed by atoms with Gasteiger partial charge in [-0.15, -0.1) is 0 Å². The lowest BCUT2D eigenvalue weighted by Crippen LogP contribution is -2.02. The molecule has 0 radical (unpaired) electrons. The van der Waals surface area contributed by atoms with Crippen molar-refractivity contribution in [2.75, 3.05) is 14.2 Å². The van der Waals surface area contributed by atoms with Gasteiger partial charge in [0.1, 0.15) is 11.4 Å². The topological polar surface area (TPSA) is 51.3 Å². The Morgan fingerprint density at radius 1 is 1.17 bits per heavy atom. The molecule has 0 spiro atoms. The molecule has 0 fully saturated rings. The monoisotopic (exact) mass is 347 g/mol. The molecule has 118 valence electrons. The van der Waals surface area contributed by atoms with Gasteiger partial charge in [0.2, 0.25) is 0 Å². The lowest BCUT2D eigenvalue weighted by molar-refractivity contribution is 0.0591. The summed E-state index contributed by atoms with van der Waals surface area (Å²) >= 11 is 7.55. The third-order valence-electron chi connectivity index (χ3n) is 3.38. The minimum Gasteiger partial charge on any atom is -0.496 e. The van der Waals surface area contributed by atoms with E-state index in [1.165, 1.54) is 18.9 Å². The van der Waals surface area contributed by atoms with Crippen molar-refractivity contribution in [2.45, 2.75) is 9.79 Å². The summed E-state index contributed by atoms with van der Waals surface area (Å²) < 4.78 is 10.3. The van der Waals surface area contributed by atoms with Gasteiger partial charge in [-0.05, 0) is 30.3 Å². The van der Waals surface area contributed by atoms with Crippen LogP contribution in [0, 0.1) is 0 Å². The van der Waals surface area contributed by atoms with E-state index in [4.69, 9.17) is 21.1 Å². The average molecular weight is 348 g/mol. The van der Waals surface area contributed by atoms with Crippen LogP contribution in [0.4, 0.5) is 0 Å². The summed E-state index contributed by atoms with van der Waals surface area (Å²) in [5.41, 5.74) is 1.23. The fourth-order valence-electron chi connectivity index (χ4n) is 2.30. The smallest absolute Gasteiger partial charge is 0.355 e. The third-order valence-corrected chi connectivity index (χ3v) is 4.80. The Balaban J connectivity index is 2.17. The molecule has 1 heterocycles. The minimum atomic E-state index is -0.422. The molecule has 0 atom stereocenters. The number of fused-ring (bicyclic) bond motifs is 1. The summed E-state index contributed by atoms with van der Waals surface area (Å²) in [7, 11) is 2.98. The zero-order valence-electron chi connectivity index (χ0n) is 12.6. The van der Waals surface area contributed by atoms with E-state index in [-0.39, 0.29) is 0 Å². The van der Waals surface area contributed by atoms with Gasteiger partial charge >= 0.3 is 5.97 Å².